The summed E-state index contributed by atoms with van der Waals surface area (Å²) >= 11 is 1.41. The van der Waals surface area contributed by atoms with Crippen LogP contribution in [0.15, 0.2) is 46.2 Å². The van der Waals surface area contributed by atoms with E-state index in [1.54, 1.807) is 6.07 Å². The Labute approximate surface area is 144 Å². The van der Waals surface area contributed by atoms with Crippen LogP contribution in [0.3, 0.4) is 0 Å². The SMILES string of the molecule is Cc1cccc(Sc2cc3c(cc2[N+](=O)[O-])CCC32OCCO2)c1. The molecule has 2 aromatic carbocycles. The molecule has 1 aliphatic carbocycles. The molecule has 0 N–H and O–H groups in total. The van der Waals surface area contributed by atoms with Crippen molar-refractivity contribution < 1.29 is 14.4 Å². The van der Waals surface area contributed by atoms with Crippen LogP contribution < -0.4 is 0 Å². The van der Waals surface area contributed by atoms with E-state index in [-0.39, 0.29) is 10.6 Å². The van der Waals surface area contributed by atoms with Gasteiger partial charge in [-0.2, -0.15) is 0 Å². The lowest BCUT2D eigenvalue weighted by atomic mass is 10.1. The van der Waals surface area contributed by atoms with Crippen molar-refractivity contribution in [3.8, 4) is 0 Å². The van der Waals surface area contributed by atoms with Crippen LogP contribution in [-0.4, -0.2) is 18.1 Å². The van der Waals surface area contributed by atoms with E-state index in [2.05, 4.69) is 0 Å². The number of hydrogen-bond acceptors (Lipinski definition) is 5. The molecule has 0 bridgehead atoms. The van der Waals surface area contributed by atoms with Crippen molar-refractivity contribution in [3.05, 3.63) is 63.2 Å². The first-order valence-electron chi connectivity index (χ1n) is 7.92. The minimum Gasteiger partial charge on any atom is -0.343 e. The molecule has 0 aromatic heterocycles. The number of nitro groups is 1. The van der Waals surface area contributed by atoms with Crippen molar-refractivity contribution >= 4 is 17.4 Å². The van der Waals surface area contributed by atoms with Crippen molar-refractivity contribution in [1.29, 1.82) is 0 Å². The summed E-state index contributed by atoms with van der Waals surface area (Å²) in [6.07, 6.45) is 1.46. The molecule has 124 valence electrons. The third kappa shape index (κ3) is 2.60. The molecule has 1 saturated heterocycles. The molecule has 5 nitrogen and oxygen atoms in total. The van der Waals surface area contributed by atoms with Crippen molar-refractivity contribution in [2.75, 3.05) is 13.2 Å². The Kier molecular flexibility index (Phi) is 3.83. The normalized spacial score (nSPS) is 18.0. The molecule has 24 heavy (non-hydrogen) atoms. The number of hydrogen-bond donors (Lipinski definition) is 0. The lowest BCUT2D eigenvalue weighted by Gasteiger charge is -2.23. The zero-order valence-corrected chi connectivity index (χ0v) is 14.1. The molecule has 1 spiro atoms. The standard InChI is InChI=1S/C18H17NO4S/c1-12-3-2-4-14(9-12)24-17-11-15-13(10-16(17)19(20)21)5-6-18(15)22-7-8-23-18/h2-4,9-11H,5-8H2,1H3. The number of rotatable bonds is 3. The number of fused-ring (bicyclic) bond motifs is 2. The highest BCUT2D eigenvalue weighted by molar-refractivity contribution is 7.99. The van der Waals surface area contributed by atoms with Gasteiger partial charge in [-0.05, 0) is 37.1 Å². The molecule has 0 atom stereocenters. The smallest absolute Gasteiger partial charge is 0.283 e. The lowest BCUT2D eigenvalue weighted by molar-refractivity contribution is -0.387. The van der Waals surface area contributed by atoms with Gasteiger partial charge in [0, 0.05) is 22.9 Å². The summed E-state index contributed by atoms with van der Waals surface area (Å²) < 4.78 is 11.7. The van der Waals surface area contributed by atoms with Crippen LogP contribution in [0.1, 0.15) is 23.1 Å². The van der Waals surface area contributed by atoms with Gasteiger partial charge in [0.25, 0.3) is 5.69 Å². The van der Waals surface area contributed by atoms with Gasteiger partial charge in [-0.25, -0.2) is 0 Å². The second-order valence-electron chi connectivity index (χ2n) is 6.10. The Morgan fingerprint density at radius 1 is 1.21 bits per heavy atom. The Balaban J connectivity index is 1.79. The predicted octanol–water partition coefficient (Wildman–Crippen LogP) is 4.20. The Bertz CT molecular complexity index is 815. The summed E-state index contributed by atoms with van der Waals surface area (Å²) in [6, 6.07) is 11.5. The van der Waals surface area contributed by atoms with E-state index in [4.69, 9.17) is 9.47 Å². The van der Waals surface area contributed by atoms with Gasteiger partial charge in [0.05, 0.1) is 23.0 Å². The third-order valence-corrected chi connectivity index (χ3v) is 5.52. The van der Waals surface area contributed by atoms with Gasteiger partial charge in [0.15, 0.2) is 5.79 Å². The van der Waals surface area contributed by atoms with Gasteiger partial charge >= 0.3 is 0 Å². The van der Waals surface area contributed by atoms with Crippen LogP contribution in [0, 0.1) is 17.0 Å². The average molecular weight is 343 g/mol. The molecule has 1 aliphatic heterocycles. The van der Waals surface area contributed by atoms with Gasteiger partial charge in [-0.3, -0.25) is 10.1 Å². The Hall–Kier alpha value is -1.89. The molecule has 0 saturated carbocycles. The first-order chi connectivity index (χ1) is 11.6. The zero-order valence-electron chi connectivity index (χ0n) is 13.3. The second kappa shape index (κ2) is 5.88. The summed E-state index contributed by atoms with van der Waals surface area (Å²) in [5.74, 6) is -0.702. The summed E-state index contributed by atoms with van der Waals surface area (Å²) in [5, 5.41) is 11.5. The molecular formula is C18H17NO4S. The molecular weight excluding hydrogens is 326 g/mol. The lowest BCUT2D eigenvalue weighted by Crippen LogP contribution is -2.23. The predicted molar refractivity (Wildman–Crippen MR) is 90.3 cm³/mol. The van der Waals surface area contributed by atoms with Crippen LogP contribution >= 0.6 is 11.8 Å². The van der Waals surface area contributed by atoms with Gasteiger partial charge in [0.2, 0.25) is 0 Å². The Morgan fingerprint density at radius 3 is 2.71 bits per heavy atom. The monoisotopic (exact) mass is 343 g/mol. The summed E-state index contributed by atoms with van der Waals surface area (Å²) in [6.45, 7) is 3.14. The van der Waals surface area contributed by atoms with E-state index in [1.165, 1.54) is 11.8 Å². The zero-order chi connectivity index (χ0) is 16.7. The van der Waals surface area contributed by atoms with E-state index < -0.39 is 5.79 Å². The fourth-order valence-corrected chi connectivity index (χ4v) is 4.45. The second-order valence-corrected chi connectivity index (χ2v) is 7.22. The van der Waals surface area contributed by atoms with Crippen molar-refractivity contribution in [2.45, 2.75) is 35.3 Å². The van der Waals surface area contributed by atoms with E-state index in [1.807, 2.05) is 37.3 Å². The Morgan fingerprint density at radius 2 is 2.00 bits per heavy atom. The number of benzene rings is 2. The molecule has 2 aliphatic rings. The average Bonchev–Trinajstić information content (AvgIpc) is 3.16. The topological polar surface area (TPSA) is 61.6 Å². The molecule has 0 amide bonds. The number of nitrogens with zero attached hydrogens (tertiary/aromatic N) is 1. The molecule has 6 heteroatoms. The summed E-state index contributed by atoms with van der Waals surface area (Å²) in [4.78, 5) is 12.8. The summed E-state index contributed by atoms with van der Waals surface area (Å²) in [5.41, 5.74) is 3.18. The van der Waals surface area contributed by atoms with E-state index >= 15 is 0 Å². The molecule has 0 radical (unpaired) electrons. The number of nitro benzene ring substituents is 1. The largest absolute Gasteiger partial charge is 0.343 e. The van der Waals surface area contributed by atoms with Crippen molar-refractivity contribution in [3.63, 3.8) is 0 Å². The fraction of sp³-hybridized carbons (Fsp3) is 0.333. The van der Waals surface area contributed by atoms with Crippen molar-refractivity contribution in [2.24, 2.45) is 0 Å². The molecule has 0 unspecified atom stereocenters. The van der Waals surface area contributed by atoms with Crippen LogP contribution in [-0.2, 0) is 21.7 Å². The maximum atomic E-state index is 11.5. The number of ether oxygens (including phenoxy) is 2. The molecule has 2 aromatic rings. The highest BCUT2D eigenvalue weighted by Gasteiger charge is 2.45. The minimum absolute atomic E-state index is 0.148. The maximum absolute atomic E-state index is 11.5. The van der Waals surface area contributed by atoms with Gasteiger partial charge in [-0.1, -0.05) is 29.5 Å². The van der Waals surface area contributed by atoms with Gasteiger partial charge in [-0.15, -0.1) is 0 Å². The minimum atomic E-state index is -0.702. The van der Waals surface area contributed by atoms with Gasteiger partial charge < -0.3 is 9.47 Å². The molecule has 4 rings (SSSR count). The molecule has 1 heterocycles. The third-order valence-electron chi connectivity index (χ3n) is 4.49. The van der Waals surface area contributed by atoms with E-state index in [9.17, 15) is 10.1 Å². The van der Waals surface area contributed by atoms with Crippen LogP contribution in [0.4, 0.5) is 5.69 Å². The maximum Gasteiger partial charge on any atom is 0.283 e. The quantitative estimate of drug-likeness (QED) is 0.617. The van der Waals surface area contributed by atoms with E-state index in [0.29, 0.717) is 18.1 Å². The highest BCUT2D eigenvalue weighted by Crippen LogP contribution is 2.47. The molecule has 1 fully saturated rings. The summed E-state index contributed by atoms with van der Waals surface area (Å²) in [7, 11) is 0. The van der Waals surface area contributed by atoms with E-state index in [0.717, 1.165) is 34.4 Å². The first-order valence-corrected chi connectivity index (χ1v) is 8.73. The van der Waals surface area contributed by atoms with Crippen LogP contribution in [0.2, 0.25) is 0 Å². The first kappa shape index (κ1) is 15.6. The van der Waals surface area contributed by atoms with Crippen LogP contribution in [0.5, 0.6) is 0 Å². The van der Waals surface area contributed by atoms with Crippen molar-refractivity contribution in [1.82, 2.24) is 0 Å². The van der Waals surface area contributed by atoms with Crippen LogP contribution in [0.25, 0.3) is 0 Å². The highest BCUT2D eigenvalue weighted by atomic mass is 32.2. The van der Waals surface area contributed by atoms with Gasteiger partial charge in [0.1, 0.15) is 0 Å². The fourth-order valence-electron chi connectivity index (χ4n) is 3.39. The number of aryl methyl sites for hydroxylation is 2.